The van der Waals surface area contributed by atoms with Crippen molar-refractivity contribution in [3.8, 4) is 0 Å². The number of alkyl halides is 4. The lowest BCUT2D eigenvalue weighted by atomic mass is 10.1. The molecular weight excluding hydrogens is 276 g/mol. The van der Waals surface area contributed by atoms with Crippen LogP contribution in [0, 0.1) is 6.92 Å². The van der Waals surface area contributed by atoms with Crippen molar-refractivity contribution >= 4 is 11.6 Å². The van der Waals surface area contributed by atoms with Crippen molar-refractivity contribution in [1.82, 2.24) is 5.32 Å². The quantitative estimate of drug-likeness (QED) is 0.791. The lowest BCUT2D eigenvalue weighted by Crippen LogP contribution is -2.41. The van der Waals surface area contributed by atoms with Gasteiger partial charge in [0, 0.05) is 17.8 Å². The normalized spacial score (nSPS) is 11.6. The van der Waals surface area contributed by atoms with Gasteiger partial charge in [0.25, 0.3) is 5.91 Å². The van der Waals surface area contributed by atoms with Crippen LogP contribution in [-0.4, -0.2) is 31.3 Å². The van der Waals surface area contributed by atoms with Crippen LogP contribution in [0.2, 0.25) is 0 Å². The number of rotatable bonds is 6. The van der Waals surface area contributed by atoms with Crippen LogP contribution in [0.1, 0.15) is 22.8 Å². The topological polar surface area (TPSA) is 41.1 Å². The largest absolute Gasteiger partial charge is 0.385 e. The molecule has 1 rings (SSSR count). The van der Waals surface area contributed by atoms with Gasteiger partial charge in [0.15, 0.2) is 0 Å². The highest BCUT2D eigenvalue weighted by atomic mass is 19.3. The molecule has 2 N–H and O–H groups in total. The number of benzene rings is 1. The molecule has 0 aliphatic heterocycles. The number of hydrogen-bond acceptors (Lipinski definition) is 2. The Morgan fingerprint density at radius 3 is 2.50 bits per heavy atom. The van der Waals surface area contributed by atoms with Gasteiger partial charge in [0.1, 0.15) is 0 Å². The molecule has 0 spiro atoms. The van der Waals surface area contributed by atoms with E-state index in [4.69, 9.17) is 0 Å². The maximum Gasteiger partial charge on any atom is 0.324 e. The first-order chi connectivity index (χ1) is 9.27. The second kappa shape index (κ2) is 6.58. The number of halogens is 4. The maximum atomic E-state index is 12.7. The van der Waals surface area contributed by atoms with E-state index in [1.54, 1.807) is 13.0 Å². The van der Waals surface area contributed by atoms with E-state index in [-0.39, 0.29) is 5.56 Å². The van der Waals surface area contributed by atoms with Gasteiger partial charge in [-0.25, -0.2) is 8.78 Å². The number of carbonyl (C=O) groups excluding carboxylic acids is 1. The molecule has 0 saturated heterocycles. The minimum atomic E-state index is -4.23. The number of anilines is 1. The predicted octanol–water partition coefficient (Wildman–Crippen LogP) is 3.06. The molecule has 112 valence electrons. The van der Waals surface area contributed by atoms with Gasteiger partial charge >= 0.3 is 12.3 Å². The Labute approximate surface area is 114 Å². The van der Waals surface area contributed by atoms with E-state index < -0.39 is 24.8 Å². The molecule has 1 aromatic rings. The summed E-state index contributed by atoms with van der Waals surface area (Å²) in [7, 11) is 0. The summed E-state index contributed by atoms with van der Waals surface area (Å²) in [4.78, 5) is 11.6. The Bertz CT molecular complexity index is 477. The fraction of sp³-hybridized carbons (Fsp3) is 0.462. The maximum absolute atomic E-state index is 12.7. The molecule has 20 heavy (non-hydrogen) atoms. The first-order valence-electron chi connectivity index (χ1n) is 6.06. The predicted molar refractivity (Wildman–Crippen MR) is 68.6 cm³/mol. The Balaban J connectivity index is 2.71. The molecular formula is C13H16F4N2O. The molecule has 0 radical (unpaired) electrons. The molecule has 1 aromatic carbocycles. The Morgan fingerprint density at radius 2 is 2.00 bits per heavy atom. The van der Waals surface area contributed by atoms with Crippen LogP contribution in [-0.2, 0) is 0 Å². The second-order valence-electron chi connectivity index (χ2n) is 4.30. The molecule has 0 atom stereocenters. The molecule has 0 saturated carbocycles. The van der Waals surface area contributed by atoms with Crippen LogP contribution in [0.15, 0.2) is 18.2 Å². The molecule has 0 fully saturated rings. The molecule has 0 aromatic heterocycles. The van der Waals surface area contributed by atoms with Gasteiger partial charge in [0.05, 0.1) is 6.54 Å². The summed E-state index contributed by atoms with van der Waals surface area (Å²) < 4.78 is 49.3. The third-order valence-corrected chi connectivity index (χ3v) is 2.66. The Hall–Kier alpha value is -1.79. The van der Waals surface area contributed by atoms with E-state index in [2.05, 4.69) is 5.32 Å². The van der Waals surface area contributed by atoms with Crippen LogP contribution < -0.4 is 10.6 Å². The van der Waals surface area contributed by atoms with Gasteiger partial charge in [-0.05, 0) is 37.6 Å². The van der Waals surface area contributed by atoms with Crippen molar-refractivity contribution in [1.29, 1.82) is 0 Å². The standard InChI is InChI=1S/C13H16F4N2O/c1-3-18-10-5-4-9(6-8(10)2)11(20)19-7-13(16,17)12(14)15/h4-6,12,18H,3,7H2,1-2H3,(H,19,20). The Morgan fingerprint density at radius 1 is 1.35 bits per heavy atom. The van der Waals surface area contributed by atoms with Crippen molar-refractivity contribution in [2.75, 3.05) is 18.4 Å². The number of amides is 1. The molecule has 0 aliphatic carbocycles. The summed E-state index contributed by atoms with van der Waals surface area (Å²) in [6.07, 6.45) is -3.80. The fourth-order valence-corrected chi connectivity index (χ4v) is 1.57. The number of hydrogen-bond donors (Lipinski definition) is 2. The van der Waals surface area contributed by atoms with Gasteiger partial charge in [-0.15, -0.1) is 0 Å². The van der Waals surface area contributed by atoms with Crippen molar-refractivity contribution in [2.45, 2.75) is 26.2 Å². The first-order valence-corrected chi connectivity index (χ1v) is 6.06. The fourth-order valence-electron chi connectivity index (χ4n) is 1.57. The second-order valence-corrected chi connectivity index (χ2v) is 4.30. The van der Waals surface area contributed by atoms with Gasteiger partial charge in [-0.2, -0.15) is 8.78 Å². The molecule has 0 bridgehead atoms. The van der Waals surface area contributed by atoms with Crippen molar-refractivity contribution in [2.24, 2.45) is 0 Å². The van der Waals surface area contributed by atoms with E-state index in [1.807, 2.05) is 12.2 Å². The highest BCUT2D eigenvalue weighted by Crippen LogP contribution is 2.22. The van der Waals surface area contributed by atoms with Gasteiger partial charge in [-0.1, -0.05) is 0 Å². The molecule has 0 unspecified atom stereocenters. The minimum Gasteiger partial charge on any atom is -0.385 e. The lowest BCUT2D eigenvalue weighted by Gasteiger charge is -2.16. The van der Waals surface area contributed by atoms with Crippen LogP contribution in [0.3, 0.4) is 0 Å². The summed E-state index contributed by atoms with van der Waals surface area (Å²) in [5.41, 5.74) is 1.73. The number of nitrogens with one attached hydrogen (secondary N) is 2. The van der Waals surface area contributed by atoms with E-state index >= 15 is 0 Å². The summed E-state index contributed by atoms with van der Waals surface area (Å²) in [6.45, 7) is 2.97. The highest BCUT2D eigenvalue weighted by Gasteiger charge is 2.40. The summed E-state index contributed by atoms with van der Waals surface area (Å²) in [5, 5.41) is 4.87. The molecule has 0 heterocycles. The highest BCUT2D eigenvalue weighted by molar-refractivity contribution is 5.94. The monoisotopic (exact) mass is 292 g/mol. The van der Waals surface area contributed by atoms with E-state index in [0.29, 0.717) is 6.54 Å². The molecule has 1 amide bonds. The van der Waals surface area contributed by atoms with E-state index in [1.165, 1.54) is 12.1 Å². The SMILES string of the molecule is CCNc1ccc(C(=O)NCC(F)(F)C(F)F)cc1C. The summed E-state index contributed by atoms with van der Waals surface area (Å²) in [5.74, 6) is -5.04. The van der Waals surface area contributed by atoms with Crippen molar-refractivity contribution in [3.63, 3.8) is 0 Å². The van der Waals surface area contributed by atoms with E-state index in [0.717, 1.165) is 11.3 Å². The molecule has 3 nitrogen and oxygen atoms in total. The van der Waals surface area contributed by atoms with Crippen molar-refractivity contribution < 1.29 is 22.4 Å². The van der Waals surface area contributed by atoms with Gasteiger partial charge in [-0.3, -0.25) is 4.79 Å². The third kappa shape index (κ3) is 4.11. The zero-order valence-electron chi connectivity index (χ0n) is 11.1. The molecule has 0 aliphatic rings. The minimum absolute atomic E-state index is 0.147. The van der Waals surface area contributed by atoms with Crippen LogP contribution >= 0.6 is 0 Å². The average molecular weight is 292 g/mol. The third-order valence-electron chi connectivity index (χ3n) is 2.66. The summed E-state index contributed by atoms with van der Waals surface area (Å²) in [6, 6.07) is 4.59. The number of aryl methyl sites for hydroxylation is 1. The average Bonchev–Trinajstić information content (AvgIpc) is 2.38. The van der Waals surface area contributed by atoms with Gasteiger partial charge in [0.2, 0.25) is 0 Å². The summed E-state index contributed by atoms with van der Waals surface area (Å²) >= 11 is 0. The Kier molecular flexibility index (Phi) is 5.35. The van der Waals surface area contributed by atoms with Crippen LogP contribution in [0.25, 0.3) is 0 Å². The zero-order valence-corrected chi connectivity index (χ0v) is 11.1. The number of carbonyl (C=O) groups is 1. The van der Waals surface area contributed by atoms with Crippen LogP contribution in [0.4, 0.5) is 23.2 Å². The van der Waals surface area contributed by atoms with Crippen LogP contribution in [0.5, 0.6) is 0 Å². The van der Waals surface area contributed by atoms with Crippen molar-refractivity contribution in [3.05, 3.63) is 29.3 Å². The molecule has 7 heteroatoms. The zero-order chi connectivity index (χ0) is 15.3. The first kappa shape index (κ1) is 16.3. The van der Waals surface area contributed by atoms with Gasteiger partial charge < -0.3 is 10.6 Å². The lowest BCUT2D eigenvalue weighted by molar-refractivity contribution is -0.123. The smallest absolute Gasteiger partial charge is 0.324 e. The van der Waals surface area contributed by atoms with E-state index in [9.17, 15) is 22.4 Å².